The van der Waals surface area contributed by atoms with Crippen LogP contribution in [-0.4, -0.2) is 11.1 Å². The van der Waals surface area contributed by atoms with Crippen molar-refractivity contribution in [3.63, 3.8) is 0 Å². The third-order valence-electron chi connectivity index (χ3n) is 2.42. The summed E-state index contributed by atoms with van der Waals surface area (Å²) >= 11 is 0. The number of benzene rings is 2. The highest BCUT2D eigenvalue weighted by Gasteiger charge is 2.00. The number of anilines is 1. The van der Waals surface area contributed by atoms with Gasteiger partial charge in [-0.25, -0.2) is 0 Å². The molecule has 0 amide bonds. The normalized spacial score (nSPS) is 9.65. The molecule has 0 radical (unpaired) electrons. The Kier molecular flexibility index (Phi) is 2.97. The van der Waals surface area contributed by atoms with E-state index in [1.165, 1.54) is 0 Å². The standard InChI is InChI=1S/C14H11NO2/c15-13-8-3-6-11-10(4-1-7-12(11)13)5-2-9-14(16)17/h1,3-4,6-8H,9,15H2,(H,16,17). The molecule has 2 aromatic carbocycles. The van der Waals surface area contributed by atoms with Gasteiger partial charge in [-0.1, -0.05) is 36.1 Å². The van der Waals surface area contributed by atoms with Gasteiger partial charge in [0.25, 0.3) is 0 Å². The highest BCUT2D eigenvalue weighted by molar-refractivity contribution is 5.96. The van der Waals surface area contributed by atoms with E-state index in [0.29, 0.717) is 5.69 Å². The van der Waals surface area contributed by atoms with Crippen molar-refractivity contribution in [3.05, 3.63) is 42.0 Å². The Morgan fingerprint density at radius 1 is 1.18 bits per heavy atom. The minimum Gasteiger partial charge on any atom is -0.481 e. The largest absolute Gasteiger partial charge is 0.481 e. The van der Waals surface area contributed by atoms with Crippen LogP contribution in [0.5, 0.6) is 0 Å². The molecule has 0 spiro atoms. The van der Waals surface area contributed by atoms with Crippen molar-refractivity contribution in [3.8, 4) is 11.8 Å². The van der Waals surface area contributed by atoms with E-state index < -0.39 is 5.97 Å². The van der Waals surface area contributed by atoms with Gasteiger partial charge in [-0.2, -0.15) is 0 Å². The fourth-order valence-corrected chi connectivity index (χ4v) is 1.66. The van der Waals surface area contributed by atoms with Gasteiger partial charge in [0.1, 0.15) is 6.42 Å². The first-order valence-corrected chi connectivity index (χ1v) is 5.16. The zero-order chi connectivity index (χ0) is 12.3. The van der Waals surface area contributed by atoms with Gasteiger partial charge in [0.15, 0.2) is 0 Å². The molecule has 0 aromatic heterocycles. The van der Waals surface area contributed by atoms with Crippen LogP contribution in [0.15, 0.2) is 36.4 Å². The molecule has 3 N–H and O–H groups in total. The van der Waals surface area contributed by atoms with Crippen LogP contribution in [0.25, 0.3) is 10.8 Å². The van der Waals surface area contributed by atoms with E-state index >= 15 is 0 Å². The van der Waals surface area contributed by atoms with Crippen molar-refractivity contribution in [2.45, 2.75) is 6.42 Å². The second-order valence-corrected chi connectivity index (χ2v) is 3.62. The van der Waals surface area contributed by atoms with Crippen LogP contribution >= 0.6 is 0 Å². The van der Waals surface area contributed by atoms with Gasteiger partial charge in [-0.3, -0.25) is 4.79 Å². The van der Waals surface area contributed by atoms with Gasteiger partial charge in [0.05, 0.1) is 0 Å². The predicted molar refractivity (Wildman–Crippen MR) is 67.5 cm³/mol. The Balaban J connectivity index is 2.50. The summed E-state index contributed by atoms with van der Waals surface area (Å²) in [5.74, 6) is 4.56. The average molecular weight is 225 g/mol. The lowest BCUT2D eigenvalue weighted by molar-refractivity contribution is -0.135. The van der Waals surface area contributed by atoms with E-state index in [9.17, 15) is 4.79 Å². The number of rotatable bonds is 1. The van der Waals surface area contributed by atoms with Crippen LogP contribution in [0, 0.1) is 11.8 Å². The molecular formula is C14H11NO2. The molecule has 0 heterocycles. The van der Waals surface area contributed by atoms with Gasteiger partial charge in [0.2, 0.25) is 0 Å². The third-order valence-corrected chi connectivity index (χ3v) is 2.42. The molecule has 0 aliphatic heterocycles. The SMILES string of the molecule is Nc1cccc2c(C#CCC(=O)O)cccc12. The quantitative estimate of drug-likeness (QED) is 0.578. The molecule has 2 rings (SSSR count). The number of aliphatic carboxylic acids is 1. The molecule has 0 fully saturated rings. The zero-order valence-corrected chi connectivity index (χ0v) is 9.10. The van der Waals surface area contributed by atoms with E-state index in [2.05, 4.69) is 11.8 Å². The molecule has 0 atom stereocenters. The maximum Gasteiger partial charge on any atom is 0.315 e. The number of hydrogen-bond donors (Lipinski definition) is 2. The van der Waals surface area contributed by atoms with Gasteiger partial charge >= 0.3 is 5.97 Å². The van der Waals surface area contributed by atoms with Crippen molar-refractivity contribution in [1.29, 1.82) is 0 Å². The number of fused-ring (bicyclic) bond motifs is 1. The number of carbonyl (C=O) groups is 1. The van der Waals surface area contributed by atoms with E-state index in [-0.39, 0.29) is 6.42 Å². The first-order valence-electron chi connectivity index (χ1n) is 5.16. The second-order valence-electron chi connectivity index (χ2n) is 3.62. The first-order chi connectivity index (χ1) is 8.18. The molecule has 0 saturated carbocycles. The van der Waals surface area contributed by atoms with Gasteiger partial charge in [0, 0.05) is 16.6 Å². The molecule has 0 bridgehead atoms. The highest BCUT2D eigenvalue weighted by Crippen LogP contribution is 2.23. The predicted octanol–water partition coefficient (Wildman–Crippen LogP) is 2.25. The maximum absolute atomic E-state index is 10.4. The maximum atomic E-state index is 10.4. The summed E-state index contributed by atoms with van der Waals surface area (Å²) in [6, 6.07) is 11.3. The Labute approximate surface area is 98.9 Å². The van der Waals surface area contributed by atoms with Crippen LogP contribution in [0.4, 0.5) is 5.69 Å². The summed E-state index contributed by atoms with van der Waals surface area (Å²) < 4.78 is 0. The lowest BCUT2D eigenvalue weighted by atomic mass is 10.0. The van der Waals surface area contributed by atoms with E-state index in [1.807, 2.05) is 36.4 Å². The summed E-state index contributed by atoms with van der Waals surface area (Å²) in [5.41, 5.74) is 7.36. The Morgan fingerprint density at radius 2 is 1.88 bits per heavy atom. The fourth-order valence-electron chi connectivity index (χ4n) is 1.66. The van der Waals surface area contributed by atoms with Crippen molar-refractivity contribution >= 4 is 22.4 Å². The summed E-state index contributed by atoms with van der Waals surface area (Å²) in [6.45, 7) is 0. The monoisotopic (exact) mass is 225 g/mol. The van der Waals surface area contributed by atoms with Crippen LogP contribution in [0.3, 0.4) is 0 Å². The molecule has 17 heavy (non-hydrogen) atoms. The van der Waals surface area contributed by atoms with E-state index in [1.54, 1.807) is 0 Å². The summed E-state index contributed by atoms with van der Waals surface area (Å²) in [5, 5.41) is 10.4. The lowest BCUT2D eigenvalue weighted by Gasteiger charge is -2.03. The van der Waals surface area contributed by atoms with E-state index in [4.69, 9.17) is 10.8 Å². The van der Waals surface area contributed by atoms with Crippen molar-refractivity contribution in [2.24, 2.45) is 0 Å². The van der Waals surface area contributed by atoms with Gasteiger partial charge in [-0.05, 0) is 17.5 Å². The number of carboxylic acids is 1. The fraction of sp³-hybridized carbons (Fsp3) is 0.0714. The minimum atomic E-state index is -0.919. The topological polar surface area (TPSA) is 63.3 Å². The molecule has 2 aromatic rings. The number of nitrogen functional groups attached to an aromatic ring is 1. The van der Waals surface area contributed by atoms with E-state index in [0.717, 1.165) is 16.3 Å². The van der Waals surface area contributed by atoms with Gasteiger partial charge < -0.3 is 10.8 Å². The van der Waals surface area contributed by atoms with Crippen molar-refractivity contribution in [2.75, 3.05) is 5.73 Å². The molecular weight excluding hydrogens is 214 g/mol. The minimum absolute atomic E-state index is 0.154. The molecule has 0 aliphatic carbocycles. The van der Waals surface area contributed by atoms with Crippen molar-refractivity contribution in [1.82, 2.24) is 0 Å². The molecule has 3 heteroatoms. The van der Waals surface area contributed by atoms with Gasteiger partial charge in [-0.15, -0.1) is 0 Å². The number of hydrogen-bond acceptors (Lipinski definition) is 2. The summed E-state index contributed by atoms with van der Waals surface area (Å²) in [6.07, 6.45) is -0.154. The third kappa shape index (κ3) is 2.37. The lowest BCUT2D eigenvalue weighted by Crippen LogP contribution is -1.91. The Hall–Kier alpha value is -2.47. The molecule has 0 unspecified atom stereocenters. The van der Waals surface area contributed by atoms with Crippen LogP contribution in [-0.2, 0) is 4.79 Å². The highest BCUT2D eigenvalue weighted by atomic mass is 16.4. The summed E-state index contributed by atoms with van der Waals surface area (Å²) in [7, 11) is 0. The second kappa shape index (κ2) is 4.58. The summed E-state index contributed by atoms with van der Waals surface area (Å²) in [4.78, 5) is 10.4. The van der Waals surface area contributed by atoms with Crippen molar-refractivity contribution < 1.29 is 9.90 Å². The zero-order valence-electron chi connectivity index (χ0n) is 9.10. The first kappa shape index (κ1) is 11.0. The van der Waals surface area contributed by atoms with Crippen LogP contribution in [0.2, 0.25) is 0 Å². The number of carboxylic acid groups (broad SMARTS) is 1. The average Bonchev–Trinajstić information content (AvgIpc) is 2.30. The van der Waals surface area contributed by atoms with Crippen LogP contribution < -0.4 is 5.73 Å². The number of nitrogens with two attached hydrogens (primary N) is 1. The Morgan fingerprint density at radius 3 is 2.65 bits per heavy atom. The van der Waals surface area contributed by atoms with Crippen LogP contribution in [0.1, 0.15) is 12.0 Å². The Bertz CT molecular complexity index is 635. The molecule has 0 aliphatic rings. The molecule has 0 saturated heterocycles. The molecule has 84 valence electrons. The molecule has 3 nitrogen and oxygen atoms in total. The smallest absolute Gasteiger partial charge is 0.315 e.